The van der Waals surface area contributed by atoms with Crippen molar-refractivity contribution in [3.63, 3.8) is 0 Å². The highest BCUT2D eigenvalue weighted by molar-refractivity contribution is 7.07. The smallest absolute Gasteiger partial charge is 0.297 e. The van der Waals surface area contributed by atoms with Gasteiger partial charge in [0.1, 0.15) is 0 Å². The van der Waals surface area contributed by atoms with Gasteiger partial charge in [-0.05, 0) is 43.3 Å². The average molecular weight is 536 g/mol. The molecule has 0 saturated heterocycles. The van der Waals surface area contributed by atoms with Gasteiger partial charge in [-0.2, -0.15) is 0 Å². The van der Waals surface area contributed by atoms with Gasteiger partial charge < -0.3 is 4.57 Å². The van der Waals surface area contributed by atoms with Crippen LogP contribution in [-0.4, -0.2) is 18.9 Å². The second-order valence-electron chi connectivity index (χ2n) is 8.28. The molecular weight excluding hydrogens is 513 g/mol. The highest BCUT2D eigenvalue weighted by Gasteiger charge is 2.17. The summed E-state index contributed by atoms with van der Waals surface area (Å²) in [6.45, 7) is 2.54. The van der Waals surface area contributed by atoms with Crippen LogP contribution in [0, 0.1) is 6.92 Å². The number of nitrogens with zero attached hydrogens (tertiary/aromatic N) is 5. The van der Waals surface area contributed by atoms with Gasteiger partial charge in [0.25, 0.3) is 5.56 Å². The molecule has 0 spiro atoms. The summed E-state index contributed by atoms with van der Waals surface area (Å²) in [6.07, 6.45) is 2.50. The molecule has 3 aromatic heterocycles. The Balaban J connectivity index is 1.65. The average Bonchev–Trinajstić information content (AvgIpc) is 3.39. The van der Waals surface area contributed by atoms with Crippen molar-refractivity contribution in [3.05, 3.63) is 115 Å². The minimum absolute atomic E-state index is 0.165. The van der Waals surface area contributed by atoms with E-state index < -0.39 is 0 Å². The van der Waals surface area contributed by atoms with Gasteiger partial charge in [0.15, 0.2) is 10.5 Å². The SMILES string of the molecule is Cc1c(N=c2scc(-c3ccc(Cl)c(Cl)c3)n2CCc2ccccn2)c(=O)n(-c2ccccc2)n1C. The number of hydrogen-bond acceptors (Lipinski definition) is 4. The van der Waals surface area contributed by atoms with Crippen LogP contribution in [0.4, 0.5) is 5.69 Å². The van der Waals surface area contributed by atoms with Crippen molar-refractivity contribution in [1.82, 2.24) is 18.9 Å². The van der Waals surface area contributed by atoms with Crippen LogP contribution >= 0.6 is 34.5 Å². The number of para-hydroxylation sites is 1. The lowest BCUT2D eigenvalue weighted by atomic mass is 10.1. The number of pyridine rings is 1. The lowest BCUT2D eigenvalue weighted by Gasteiger charge is -2.10. The van der Waals surface area contributed by atoms with Crippen LogP contribution < -0.4 is 10.4 Å². The van der Waals surface area contributed by atoms with Crippen molar-refractivity contribution in [1.29, 1.82) is 0 Å². The van der Waals surface area contributed by atoms with E-state index in [9.17, 15) is 4.79 Å². The van der Waals surface area contributed by atoms with Gasteiger partial charge >= 0.3 is 0 Å². The highest BCUT2D eigenvalue weighted by Crippen LogP contribution is 2.29. The van der Waals surface area contributed by atoms with Crippen LogP contribution in [0.25, 0.3) is 16.9 Å². The predicted molar refractivity (Wildman–Crippen MR) is 147 cm³/mol. The molecule has 182 valence electrons. The summed E-state index contributed by atoms with van der Waals surface area (Å²) in [7, 11) is 1.87. The number of hydrogen-bond donors (Lipinski definition) is 0. The minimum atomic E-state index is -0.165. The number of thiazole rings is 1. The molecule has 0 fully saturated rings. The van der Waals surface area contributed by atoms with E-state index >= 15 is 0 Å². The van der Waals surface area contributed by atoms with E-state index in [1.54, 1.807) is 16.9 Å². The fourth-order valence-corrected chi connectivity index (χ4v) is 5.31. The zero-order valence-corrected chi connectivity index (χ0v) is 22.1. The van der Waals surface area contributed by atoms with E-state index in [4.69, 9.17) is 28.2 Å². The molecule has 2 aromatic carbocycles. The normalized spacial score (nSPS) is 11.8. The maximum atomic E-state index is 13.5. The molecule has 0 atom stereocenters. The molecule has 9 heteroatoms. The van der Waals surface area contributed by atoms with Crippen molar-refractivity contribution >= 4 is 40.2 Å². The maximum Gasteiger partial charge on any atom is 0.297 e. The first kappa shape index (κ1) is 24.3. The largest absolute Gasteiger partial charge is 0.316 e. The van der Waals surface area contributed by atoms with Crippen LogP contribution in [0.15, 0.2) is 88.1 Å². The summed E-state index contributed by atoms with van der Waals surface area (Å²) in [5.41, 5.74) is 4.67. The van der Waals surface area contributed by atoms with Crippen LogP contribution in [0.2, 0.25) is 10.0 Å². The summed E-state index contributed by atoms with van der Waals surface area (Å²) in [5, 5.41) is 3.02. The molecule has 0 saturated carbocycles. The Labute approximate surface area is 222 Å². The fraction of sp³-hybridized carbons (Fsp3) is 0.148. The third-order valence-electron chi connectivity index (χ3n) is 6.06. The first-order valence-corrected chi connectivity index (χ1v) is 13.0. The molecule has 0 N–H and O–H groups in total. The Morgan fingerprint density at radius 2 is 1.78 bits per heavy atom. The molecule has 0 bridgehead atoms. The van der Waals surface area contributed by atoms with E-state index in [-0.39, 0.29) is 5.56 Å². The second-order valence-corrected chi connectivity index (χ2v) is 9.93. The quantitative estimate of drug-likeness (QED) is 0.260. The standard InChI is InChI=1S/C27H23Cl2N5OS/c1-18-25(26(35)34(32(18)2)21-9-4-3-5-10-21)31-27-33(15-13-20-8-6-7-14-30-20)24(17-36-27)19-11-12-22(28)23(29)16-19/h3-12,14,16-17H,13,15H2,1-2H3. The lowest BCUT2D eigenvalue weighted by molar-refractivity contribution is 0.630. The molecule has 5 rings (SSSR count). The molecule has 36 heavy (non-hydrogen) atoms. The molecule has 0 aliphatic heterocycles. The molecule has 3 heterocycles. The number of halogens is 2. The number of aryl methyl sites for hydroxylation is 1. The molecule has 0 aliphatic rings. The topological polar surface area (TPSA) is 57.1 Å². The summed E-state index contributed by atoms with van der Waals surface area (Å²) in [6, 6.07) is 21.0. The van der Waals surface area contributed by atoms with E-state index in [1.165, 1.54) is 11.3 Å². The number of aromatic nitrogens is 4. The first-order valence-electron chi connectivity index (χ1n) is 11.4. The summed E-state index contributed by atoms with van der Waals surface area (Å²) in [5.74, 6) is 0. The highest BCUT2D eigenvalue weighted by atomic mass is 35.5. The minimum Gasteiger partial charge on any atom is -0.316 e. The molecule has 0 aliphatic carbocycles. The van der Waals surface area contributed by atoms with Crippen LogP contribution in [0.1, 0.15) is 11.4 Å². The van der Waals surface area contributed by atoms with Gasteiger partial charge in [0, 0.05) is 42.8 Å². The summed E-state index contributed by atoms with van der Waals surface area (Å²) < 4.78 is 5.58. The Bertz CT molecular complexity index is 1650. The monoisotopic (exact) mass is 535 g/mol. The molecule has 5 aromatic rings. The summed E-state index contributed by atoms with van der Waals surface area (Å²) in [4.78, 5) is 23.5. The third kappa shape index (κ3) is 4.69. The zero-order chi connectivity index (χ0) is 25.2. The lowest BCUT2D eigenvalue weighted by Crippen LogP contribution is -2.20. The zero-order valence-electron chi connectivity index (χ0n) is 19.7. The van der Waals surface area contributed by atoms with E-state index in [2.05, 4.69) is 9.55 Å². The second kappa shape index (κ2) is 10.3. The molecular formula is C27H23Cl2N5OS. The van der Waals surface area contributed by atoms with Crippen molar-refractivity contribution in [2.75, 3.05) is 0 Å². The van der Waals surface area contributed by atoms with Gasteiger partial charge in [-0.15, -0.1) is 11.3 Å². The Morgan fingerprint density at radius 1 is 1.00 bits per heavy atom. The van der Waals surface area contributed by atoms with Crippen molar-refractivity contribution in [2.24, 2.45) is 12.0 Å². The van der Waals surface area contributed by atoms with Crippen molar-refractivity contribution in [2.45, 2.75) is 19.9 Å². The summed E-state index contributed by atoms with van der Waals surface area (Å²) >= 11 is 14.0. The third-order valence-corrected chi connectivity index (χ3v) is 7.66. The number of benzene rings is 2. The van der Waals surface area contributed by atoms with Gasteiger partial charge in [-0.1, -0.05) is 53.5 Å². The van der Waals surface area contributed by atoms with E-state index in [0.29, 0.717) is 28.7 Å². The van der Waals surface area contributed by atoms with Crippen LogP contribution in [0.3, 0.4) is 0 Å². The predicted octanol–water partition coefficient (Wildman–Crippen LogP) is 6.19. The van der Waals surface area contributed by atoms with Gasteiger partial charge in [0.2, 0.25) is 0 Å². The maximum absolute atomic E-state index is 13.5. The van der Waals surface area contributed by atoms with Crippen molar-refractivity contribution < 1.29 is 0 Å². The van der Waals surface area contributed by atoms with Crippen LogP contribution in [0.5, 0.6) is 0 Å². The molecule has 0 radical (unpaired) electrons. The number of rotatable bonds is 6. The van der Waals surface area contributed by atoms with Gasteiger partial charge in [-0.3, -0.25) is 14.5 Å². The molecule has 6 nitrogen and oxygen atoms in total. The Hall–Kier alpha value is -3.39. The molecule has 0 amide bonds. The Morgan fingerprint density at radius 3 is 2.50 bits per heavy atom. The van der Waals surface area contributed by atoms with Gasteiger partial charge in [0.05, 0.1) is 27.1 Å². The fourth-order valence-electron chi connectivity index (χ4n) is 4.07. The Kier molecular flexibility index (Phi) is 6.96. The van der Waals surface area contributed by atoms with Crippen molar-refractivity contribution in [3.8, 4) is 16.9 Å². The van der Waals surface area contributed by atoms with E-state index in [0.717, 1.165) is 33.1 Å². The molecule has 0 unspecified atom stereocenters. The van der Waals surface area contributed by atoms with E-state index in [1.807, 2.05) is 84.7 Å². The van der Waals surface area contributed by atoms with Crippen LogP contribution in [-0.2, 0) is 20.0 Å². The van der Waals surface area contributed by atoms with Gasteiger partial charge in [-0.25, -0.2) is 9.67 Å². The first-order chi connectivity index (χ1) is 17.4.